The van der Waals surface area contributed by atoms with Crippen LogP contribution in [0.5, 0.6) is 0 Å². The molecule has 0 aliphatic carbocycles. The highest BCUT2D eigenvalue weighted by atomic mass is 19.4. The molecule has 0 radical (unpaired) electrons. The quantitative estimate of drug-likeness (QED) is 0.673. The molecule has 0 saturated carbocycles. The smallest absolute Gasteiger partial charge is 0.399 e. The number of nitrogen functional groups attached to an aromatic ring is 1. The van der Waals surface area contributed by atoms with Crippen LogP contribution in [0.2, 0.25) is 0 Å². The van der Waals surface area contributed by atoms with E-state index in [4.69, 9.17) is 5.73 Å². The summed E-state index contributed by atoms with van der Waals surface area (Å²) in [5.41, 5.74) is 5.26. The fourth-order valence-electron chi connectivity index (χ4n) is 1.78. The maximum absolute atomic E-state index is 12.9. The third-order valence-corrected chi connectivity index (χ3v) is 2.45. The summed E-state index contributed by atoms with van der Waals surface area (Å²) in [5.74, 6) is 0. The van der Waals surface area contributed by atoms with Crippen LogP contribution in [0, 0.1) is 6.92 Å². The summed E-state index contributed by atoms with van der Waals surface area (Å²) in [4.78, 5) is 0. The van der Waals surface area contributed by atoms with E-state index < -0.39 is 17.2 Å². The molecule has 0 aromatic heterocycles. The van der Waals surface area contributed by atoms with Gasteiger partial charge in [0.05, 0.1) is 5.56 Å². The van der Waals surface area contributed by atoms with Gasteiger partial charge in [-0.3, -0.25) is 0 Å². The van der Waals surface area contributed by atoms with Gasteiger partial charge in [0.25, 0.3) is 0 Å². The molecule has 0 heterocycles. The molecule has 0 unspecified atom stereocenters. The number of hydrogen-bond acceptors (Lipinski definition) is 1. The molecule has 0 bridgehead atoms. The van der Waals surface area contributed by atoms with Gasteiger partial charge in [0.15, 0.2) is 0 Å². The Hall–Kier alpha value is -1.19. The molecule has 1 aromatic carbocycles. The van der Waals surface area contributed by atoms with Gasteiger partial charge >= 0.3 is 6.18 Å². The summed E-state index contributed by atoms with van der Waals surface area (Å²) >= 11 is 0. The minimum Gasteiger partial charge on any atom is -0.399 e. The standard InChI is InChI=1S/C12H16F3N/c1-7-5-8(16)6-9(11(2,3)4)10(7)12(13,14)15/h5-6H,16H2,1-4H3. The van der Waals surface area contributed by atoms with Gasteiger partial charge in [-0.05, 0) is 35.6 Å². The van der Waals surface area contributed by atoms with Crippen LogP contribution in [0.1, 0.15) is 37.5 Å². The number of anilines is 1. The molecule has 16 heavy (non-hydrogen) atoms. The summed E-state index contributed by atoms with van der Waals surface area (Å²) in [6.07, 6.45) is -4.33. The average molecular weight is 231 g/mol. The molecular weight excluding hydrogens is 215 g/mol. The highest BCUT2D eigenvalue weighted by Gasteiger charge is 2.38. The van der Waals surface area contributed by atoms with E-state index in [9.17, 15) is 13.2 Å². The van der Waals surface area contributed by atoms with Gasteiger partial charge in [-0.1, -0.05) is 20.8 Å². The van der Waals surface area contributed by atoms with Crippen LogP contribution in [0.3, 0.4) is 0 Å². The van der Waals surface area contributed by atoms with Crippen molar-refractivity contribution < 1.29 is 13.2 Å². The van der Waals surface area contributed by atoms with Crippen molar-refractivity contribution in [3.05, 3.63) is 28.8 Å². The summed E-state index contributed by atoms with van der Waals surface area (Å²) < 4.78 is 38.8. The Morgan fingerprint density at radius 3 is 1.94 bits per heavy atom. The summed E-state index contributed by atoms with van der Waals surface area (Å²) in [6, 6.07) is 2.77. The monoisotopic (exact) mass is 231 g/mol. The van der Waals surface area contributed by atoms with Crippen molar-refractivity contribution in [2.75, 3.05) is 5.73 Å². The number of nitrogens with two attached hydrogens (primary N) is 1. The molecule has 4 heteroatoms. The molecule has 1 rings (SSSR count). The lowest BCUT2D eigenvalue weighted by molar-refractivity contribution is -0.139. The molecule has 0 spiro atoms. The molecule has 0 aliphatic rings. The molecule has 90 valence electrons. The number of alkyl halides is 3. The van der Waals surface area contributed by atoms with Crippen LogP contribution >= 0.6 is 0 Å². The Balaban J connectivity index is 3.58. The van der Waals surface area contributed by atoms with Crippen molar-refractivity contribution in [3.8, 4) is 0 Å². The average Bonchev–Trinajstić information content (AvgIpc) is 1.97. The van der Waals surface area contributed by atoms with Crippen molar-refractivity contribution in [1.29, 1.82) is 0 Å². The Labute approximate surface area is 93.5 Å². The van der Waals surface area contributed by atoms with Crippen LogP contribution in [-0.4, -0.2) is 0 Å². The number of aryl methyl sites for hydroxylation is 1. The molecule has 1 aromatic rings. The van der Waals surface area contributed by atoms with Gasteiger partial charge in [0.2, 0.25) is 0 Å². The number of benzene rings is 1. The largest absolute Gasteiger partial charge is 0.416 e. The molecule has 0 fully saturated rings. The van der Waals surface area contributed by atoms with E-state index in [0.29, 0.717) is 5.69 Å². The van der Waals surface area contributed by atoms with Gasteiger partial charge < -0.3 is 5.73 Å². The van der Waals surface area contributed by atoms with Crippen molar-refractivity contribution in [2.45, 2.75) is 39.3 Å². The maximum Gasteiger partial charge on any atom is 0.416 e. The summed E-state index contributed by atoms with van der Waals surface area (Å²) in [7, 11) is 0. The Bertz CT molecular complexity index is 400. The van der Waals surface area contributed by atoms with Gasteiger partial charge in [0, 0.05) is 5.69 Å². The molecule has 1 nitrogen and oxygen atoms in total. The van der Waals surface area contributed by atoms with E-state index in [-0.39, 0.29) is 11.1 Å². The third kappa shape index (κ3) is 2.49. The normalized spacial score (nSPS) is 12.9. The van der Waals surface area contributed by atoms with Gasteiger partial charge in [-0.25, -0.2) is 0 Å². The van der Waals surface area contributed by atoms with Crippen molar-refractivity contribution in [1.82, 2.24) is 0 Å². The molecule has 0 saturated heterocycles. The second-order valence-corrected chi connectivity index (χ2v) is 5.01. The van der Waals surface area contributed by atoms with Crippen LogP contribution in [0.15, 0.2) is 12.1 Å². The van der Waals surface area contributed by atoms with Crippen molar-refractivity contribution in [3.63, 3.8) is 0 Å². The minimum absolute atomic E-state index is 0.178. The lowest BCUT2D eigenvalue weighted by atomic mass is 9.81. The third-order valence-electron chi connectivity index (χ3n) is 2.45. The number of halogens is 3. The molecular formula is C12H16F3N. The lowest BCUT2D eigenvalue weighted by Gasteiger charge is -2.26. The van der Waals surface area contributed by atoms with E-state index in [2.05, 4.69) is 0 Å². The highest BCUT2D eigenvalue weighted by molar-refractivity contribution is 5.52. The number of hydrogen-bond donors (Lipinski definition) is 1. The first-order chi connectivity index (χ1) is 7.03. The van der Waals surface area contributed by atoms with E-state index in [0.717, 1.165) is 0 Å². The van der Waals surface area contributed by atoms with Crippen LogP contribution in [0.25, 0.3) is 0 Å². The number of rotatable bonds is 0. The van der Waals surface area contributed by atoms with E-state index >= 15 is 0 Å². The fraction of sp³-hybridized carbons (Fsp3) is 0.500. The molecule has 0 atom stereocenters. The van der Waals surface area contributed by atoms with E-state index in [1.165, 1.54) is 19.1 Å². The van der Waals surface area contributed by atoms with Crippen molar-refractivity contribution >= 4 is 5.69 Å². The first-order valence-electron chi connectivity index (χ1n) is 5.01. The maximum atomic E-state index is 12.9. The summed E-state index contributed by atoms with van der Waals surface area (Å²) in [6.45, 7) is 6.68. The zero-order chi connectivity index (χ0) is 12.7. The fourth-order valence-corrected chi connectivity index (χ4v) is 1.78. The second kappa shape index (κ2) is 3.68. The predicted octanol–water partition coefficient (Wildman–Crippen LogP) is 3.89. The molecule has 0 amide bonds. The molecule has 2 N–H and O–H groups in total. The van der Waals surface area contributed by atoms with Gasteiger partial charge in [-0.2, -0.15) is 13.2 Å². The zero-order valence-corrected chi connectivity index (χ0v) is 9.87. The predicted molar refractivity (Wildman–Crippen MR) is 59.3 cm³/mol. The van der Waals surface area contributed by atoms with Gasteiger partial charge in [-0.15, -0.1) is 0 Å². The minimum atomic E-state index is -4.33. The van der Waals surface area contributed by atoms with E-state index in [1.54, 1.807) is 20.8 Å². The Kier molecular flexibility index (Phi) is 2.96. The summed E-state index contributed by atoms with van der Waals surface area (Å²) in [5, 5.41) is 0. The lowest BCUT2D eigenvalue weighted by Crippen LogP contribution is -2.21. The van der Waals surface area contributed by atoms with Crippen LogP contribution in [0.4, 0.5) is 18.9 Å². The Morgan fingerprint density at radius 1 is 1.06 bits per heavy atom. The first-order valence-corrected chi connectivity index (χ1v) is 5.01. The van der Waals surface area contributed by atoms with Crippen LogP contribution in [-0.2, 0) is 11.6 Å². The first kappa shape index (κ1) is 12.9. The molecule has 0 aliphatic heterocycles. The van der Waals surface area contributed by atoms with Gasteiger partial charge in [0.1, 0.15) is 0 Å². The zero-order valence-electron chi connectivity index (χ0n) is 9.87. The van der Waals surface area contributed by atoms with Crippen molar-refractivity contribution in [2.24, 2.45) is 0 Å². The van der Waals surface area contributed by atoms with Crippen LogP contribution < -0.4 is 5.73 Å². The second-order valence-electron chi connectivity index (χ2n) is 5.01. The topological polar surface area (TPSA) is 26.0 Å². The van der Waals surface area contributed by atoms with E-state index in [1.807, 2.05) is 0 Å². The Morgan fingerprint density at radius 2 is 1.56 bits per heavy atom. The SMILES string of the molecule is Cc1cc(N)cc(C(C)(C)C)c1C(F)(F)F. The highest BCUT2D eigenvalue weighted by Crippen LogP contribution is 2.40.